The van der Waals surface area contributed by atoms with Crippen molar-refractivity contribution in [1.29, 1.82) is 0 Å². The topological polar surface area (TPSA) is 30.9 Å². The van der Waals surface area contributed by atoms with E-state index in [1.54, 1.807) is 0 Å². The maximum Gasteiger partial charge on any atom is 0.0661 e. The molecule has 3 heteroatoms. The molecular weight excluding hydrogens is 256 g/mol. The van der Waals surface area contributed by atoms with Crippen LogP contribution in [-0.2, 0) is 13.1 Å². The lowest BCUT2D eigenvalue weighted by Gasteiger charge is -2.09. The van der Waals surface area contributed by atoms with E-state index in [1.165, 1.54) is 11.1 Å². The maximum absolute atomic E-state index is 6.27. The second-order valence-electron chi connectivity index (χ2n) is 4.59. The molecule has 2 N–H and O–H groups in total. The molecule has 1 aromatic heterocycles. The molecule has 2 aromatic carbocycles. The van der Waals surface area contributed by atoms with Crippen LogP contribution in [0.25, 0.3) is 10.9 Å². The molecule has 0 unspecified atom stereocenters. The number of rotatable bonds is 3. The van der Waals surface area contributed by atoms with Gasteiger partial charge >= 0.3 is 0 Å². The SMILES string of the molecule is NCc1ccccc1Cn1cc(Cl)c2ccccc21. The van der Waals surface area contributed by atoms with Crippen LogP contribution in [0.5, 0.6) is 0 Å². The van der Waals surface area contributed by atoms with Gasteiger partial charge in [-0.3, -0.25) is 0 Å². The molecule has 19 heavy (non-hydrogen) atoms. The monoisotopic (exact) mass is 270 g/mol. The number of hydrogen-bond acceptors (Lipinski definition) is 1. The van der Waals surface area contributed by atoms with Gasteiger partial charge in [-0.2, -0.15) is 0 Å². The minimum atomic E-state index is 0.559. The van der Waals surface area contributed by atoms with Gasteiger partial charge in [-0.15, -0.1) is 0 Å². The predicted molar refractivity (Wildman–Crippen MR) is 80.4 cm³/mol. The number of nitrogens with two attached hydrogens (primary N) is 1. The Morgan fingerprint density at radius 2 is 1.63 bits per heavy atom. The Balaban J connectivity index is 2.06. The number of aromatic nitrogens is 1. The number of fused-ring (bicyclic) bond motifs is 1. The molecule has 0 aliphatic carbocycles. The molecule has 0 atom stereocenters. The molecule has 0 fully saturated rings. The van der Waals surface area contributed by atoms with Gasteiger partial charge in [-0.1, -0.05) is 54.1 Å². The normalized spacial score (nSPS) is 11.1. The van der Waals surface area contributed by atoms with E-state index in [1.807, 2.05) is 36.5 Å². The van der Waals surface area contributed by atoms with Crippen LogP contribution in [0.1, 0.15) is 11.1 Å². The smallest absolute Gasteiger partial charge is 0.0661 e. The van der Waals surface area contributed by atoms with Crippen molar-refractivity contribution in [3.05, 3.63) is 70.9 Å². The summed E-state index contributed by atoms with van der Waals surface area (Å²) < 4.78 is 2.17. The molecule has 3 rings (SSSR count). The van der Waals surface area contributed by atoms with E-state index in [-0.39, 0.29) is 0 Å². The van der Waals surface area contributed by atoms with E-state index >= 15 is 0 Å². The quantitative estimate of drug-likeness (QED) is 0.771. The van der Waals surface area contributed by atoms with Gasteiger partial charge < -0.3 is 10.3 Å². The minimum Gasteiger partial charge on any atom is -0.341 e. The Kier molecular flexibility index (Phi) is 3.28. The lowest BCUT2D eigenvalue weighted by Crippen LogP contribution is -2.05. The first kappa shape index (κ1) is 12.3. The highest BCUT2D eigenvalue weighted by molar-refractivity contribution is 6.35. The fourth-order valence-corrected chi connectivity index (χ4v) is 2.70. The van der Waals surface area contributed by atoms with E-state index in [9.17, 15) is 0 Å². The summed E-state index contributed by atoms with van der Waals surface area (Å²) in [6.07, 6.45) is 1.99. The molecule has 0 amide bonds. The molecule has 0 aliphatic rings. The number of para-hydroxylation sites is 1. The summed E-state index contributed by atoms with van der Waals surface area (Å²) in [5.74, 6) is 0. The van der Waals surface area contributed by atoms with Gasteiger partial charge in [0.15, 0.2) is 0 Å². The lowest BCUT2D eigenvalue weighted by molar-refractivity contribution is 0.820. The first-order valence-corrected chi connectivity index (χ1v) is 6.67. The molecule has 0 saturated heterocycles. The van der Waals surface area contributed by atoms with Crippen molar-refractivity contribution in [2.45, 2.75) is 13.1 Å². The first-order valence-electron chi connectivity index (χ1n) is 6.30. The minimum absolute atomic E-state index is 0.559. The number of halogens is 1. The molecular formula is C16H15ClN2. The number of benzene rings is 2. The Morgan fingerprint density at radius 1 is 0.947 bits per heavy atom. The summed E-state index contributed by atoms with van der Waals surface area (Å²) in [6.45, 7) is 1.35. The van der Waals surface area contributed by atoms with Gasteiger partial charge in [0, 0.05) is 30.2 Å². The Labute approximate surface area is 117 Å². The zero-order valence-electron chi connectivity index (χ0n) is 10.5. The zero-order valence-corrected chi connectivity index (χ0v) is 11.3. The van der Waals surface area contributed by atoms with Crippen LogP contribution in [-0.4, -0.2) is 4.57 Å². The number of hydrogen-bond donors (Lipinski definition) is 1. The third-order valence-electron chi connectivity index (χ3n) is 3.42. The third-order valence-corrected chi connectivity index (χ3v) is 3.72. The van der Waals surface area contributed by atoms with Gasteiger partial charge in [0.25, 0.3) is 0 Å². The Bertz CT molecular complexity index is 716. The molecule has 96 valence electrons. The van der Waals surface area contributed by atoms with Gasteiger partial charge in [0.05, 0.1) is 5.02 Å². The fraction of sp³-hybridized carbons (Fsp3) is 0.125. The third kappa shape index (κ3) is 2.25. The van der Waals surface area contributed by atoms with E-state index < -0.39 is 0 Å². The molecule has 0 aliphatic heterocycles. The molecule has 0 bridgehead atoms. The zero-order chi connectivity index (χ0) is 13.2. The van der Waals surface area contributed by atoms with E-state index in [4.69, 9.17) is 17.3 Å². The number of nitrogens with zero attached hydrogens (tertiary/aromatic N) is 1. The van der Waals surface area contributed by atoms with Crippen LogP contribution >= 0.6 is 11.6 Å². The summed E-state index contributed by atoms with van der Waals surface area (Å²) >= 11 is 6.27. The van der Waals surface area contributed by atoms with Crippen molar-refractivity contribution < 1.29 is 0 Å². The van der Waals surface area contributed by atoms with Crippen molar-refractivity contribution >= 4 is 22.5 Å². The standard InChI is InChI=1S/C16H15ClN2/c17-15-11-19(16-8-4-3-7-14(15)16)10-13-6-2-1-5-12(13)9-18/h1-8,11H,9-10,18H2. The van der Waals surface area contributed by atoms with Crippen molar-refractivity contribution in [1.82, 2.24) is 4.57 Å². The largest absolute Gasteiger partial charge is 0.341 e. The van der Waals surface area contributed by atoms with Gasteiger partial charge in [-0.05, 0) is 17.2 Å². The summed E-state index contributed by atoms with van der Waals surface area (Å²) in [5.41, 5.74) is 9.35. The molecule has 0 saturated carbocycles. The van der Waals surface area contributed by atoms with Crippen LogP contribution in [0.4, 0.5) is 0 Å². The van der Waals surface area contributed by atoms with Crippen molar-refractivity contribution in [2.24, 2.45) is 5.73 Å². The highest BCUT2D eigenvalue weighted by atomic mass is 35.5. The van der Waals surface area contributed by atoms with Crippen LogP contribution in [0.3, 0.4) is 0 Å². The van der Waals surface area contributed by atoms with Crippen LogP contribution in [0.2, 0.25) is 5.02 Å². The molecule has 3 aromatic rings. The average molecular weight is 271 g/mol. The second kappa shape index (κ2) is 5.08. The molecule has 2 nitrogen and oxygen atoms in total. The highest BCUT2D eigenvalue weighted by Gasteiger charge is 2.07. The van der Waals surface area contributed by atoms with Crippen molar-refractivity contribution in [2.75, 3.05) is 0 Å². The average Bonchev–Trinajstić information content (AvgIpc) is 2.77. The van der Waals surface area contributed by atoms with Crippen molar-refractivity contribution in [3.8, 4) is 0 Å². The molecule has 0 radical (unpaired) electrons. The maximum atomic E-state index is 6.27. The predicted octanol–water partition coefficient (Wildman–Crippen LogP) is 3.80. The van der Waals surface area contributed by atoms with Crippen molar-refractivity contribution in [3.63, 3.8) is 0 Å². The Hall–Kier alpha value is -1.77. The van der Waals surface area contributed by atoms with Gasteiger partial charge in [0.2, 0.25) is 0 Å². The molecule has 1 heterocycles. The fourth-order valence-electron chi connectivity index (χ4n) is 2.43. The van der Waals surface area contributed by atoms with E-state index in [0.29, 0.717) is 6.54 Å². The lowest BCUT2D eigenvalue weighted by atomic mass is 10.1. The van der Waals surface area contributed by atoms with Gasteiger partial charge in [0.1, 0.15) is 0 Å². The second-order valence-corrected chi connectivity index (χ2v) is 5.00. The van der Waals surface area contributed by atoms with Gasteiger partial charge in [-0.25, -0.2) is 0 Å². The molecule has 0 spiro atoms. The highest BCUT2D eigenvalue weighted by Crippen LogP contribution is 2.26. The Morgan fingerprint density at radius 3 is 2.42 bits per heavy atom. The summed E-state index contributed by atoms with van der Waals surface area (Å²) in [4.78, 5) is 0. The van der Waals surface area contributed by atoms with Crippen LogP contribution in [0, 0.1) is 0 Å². The van der Waals surface area contributed by atoms with E-state index in [2.05, 4.69) is 22.8 Å². The van der Waals surface area contributed by atoms with Crippen LogP contribution < -0.4 is 5.73 Å². The summed E-state index contributed by atoms with van der Waals surface area (Å²) in [5, 5.41) is 1.88. The van der Waals surface area contributed by atoms with E-state index in [0.717, 1.165) is 22.5 Å². The first-order chi connectivity index (χ1) is 9.29. The summed E-state index contributed by atoms with van der Waals surface area (Å²) in [7, 11) is 0. The summed E-state index contributed by atoms with van der Waals surface area (Å²) in [6, 6.07) is 16.4. The van der Waals surface area contributed by atoms with Crippen LogP contribution in [0.15, 0.2) is 54.7 Å².